The molecule has 4 atom stereocenters. The van der Waals surface area contributed by atoms with Crippen LogP contribution in [0.1, 0.15) is 26.2 Å². The number of alkyl halides is 1. The second-order valence-electron chi connectivity index (χ2n) is 5.32. The van der Waals surface area contributed by atoms with Crippen molar-refractivity contribution in [3.63, 3.8) is 0 Å². The predicted octanol–water partition coefficient (Wildman–Crippen LogP) is 1.41. The molecule has 2 fully saturated rings. The first-order valence-corrected chi connectivity index (χ1v) is 5.89. The summed E-state index contributed by atoms with van der Waals surface area (Å²) < 4.78 is 18.6. The average Bonchev–Trinajstić information content (AvgIpc) is 2.83. The molecule has 0 amide bonds. The van der Waals surface area contributed by atoms with Crippen molar-refractivity contribution in [1.29, 1.82) is 0 Å². The van der Waals surface area contributed by atoms with Gasteiger partial charge >= 0.3 is 5.66 Å². The summed E-state index contributed by atoms with van der Waals surface area (Å²) in [7, 11) is 0. The normalized spacial score (nSPS) is 34.8. The van der Waals surface area contributed by atoms with Crippen molar-refractivity contribution in [3.8, 4) is 0 Å². The second-order valence-corrected chi connectivity index (χ2v) is 5.32. The van der Waals surface area contributed by atoms with Gasteiger partial charge in [0.1, 0.15) is 16.0 Å². The van der Waals surface area contributed by atoms with E-state index in [1.54, 1.807) is 0 Å². The number of ether oxygens (including phenoxy) is 1. The minimum absolute atomic E-state index is 0.0440. The van der Waals surface area contributed by atoms with Crippen molar-refractivity contribution in [2.75, 3.05) is 6.61 Å². The van der Waals surface area contributed by atoms with Crippen LogP contribution in [0.3, 0.4) is 0 Å². The Morgan fingerprint density at radius 2 is 1.83 bits per heavy atom. The molecule has 0 N–H and O–H groups in total. The van der Waals surface area contributed by atoms with Crippen LogP contribution in [0.15, 0.2) is 0 Å². The van der Waals surface area contributed by atoms with Gasteiger partial charge in [-0.3, -0.25) is 20.2 Å². The first kappa shape index (κ1) is 13.1. The van der Waals surface area contributed by atoms with Crippen LogP contribution in [0.5, 0.6) is 0 Å². The minimum atomic E-state index is -2.32. The Kier molecular flexibility index (Phi) is 3.22. The lowest BCUT2D eigenvalue weighted by Gasteiger charge is -2.25. The maximum atomic E-state index is 13.3. The topological polar surface area (TPSA) is 95.5 Å². The Morgan fingerprint density at radius 3 is 2.22 bits per heavy atom. The molecule has 2 rings (SSSR count). The molecule has 8 heteroatoms. The number of rotatable bonds is 5. The van der Waals surface area contributed by atoms with Gasteiger partial charge in [0.2, 0.25) is 0 Å². The third-order valence-corrected chi connectivity index (χ3v) is 4.06. The molecule has 2 aliphatic rings. The zero-order valence-corrected chi connectivity index (χ0v) is 9.95. The summed E-state index contributed by atoms with van der Waals surface area (Å²) in [5.74, 6) is 0.00484. The number of nitro groups is 2. The molecule has 2 bridgehead atoms. The van der Waals surface area contributed by atoms with Crippen LogP contribution in [0.2, 0.25) is 0 Å². The van der Waals surface area contributed by atoms with Gasteiger partial charge in [0, 0.05) is 0 Å². The summed E-state index contributed by atoms with van der Waals surface area (Å²) in [4.78, 5) is 19.5. The smallest absolute Gasteiger partial charge is 0.363 e. The van der Waals surface area contributed by atoms with Gasteiger partial charge < -0.3 is 4.74 Å². The van der Waals surface area contributed by atoms with Gasteiger partial charge in [-0.1, -0.05) is 0 Å². The van der Waals surface area contributed by atoms with E-state index in [1.807, 2.05) is 0 Å². The van der Waals surface area contributed by atoms with Crippen LogP contribution < -0.4 is 0 Å². The first-order chi connectivity index (χ1) is 8.34. The lowest BCUT2D eigenvalue weighted by Crippen LogP contribution is -2.48. The van der Waals surface area contributed by atoms with E-state index in [0.29, 0.717) is 12.8 Å². The van der Waals surface area contributed by atoms with Crippen LogP contribution in [0, 0.1) is 32.1 Å². The van der Waals surface area contributed by atoms with E-state index in [9.17, 15) is 24.6 Å². The predicted molar refractivity (Wildman–Crippen MR) is 57.9 cm³/mol. The summed E-state index contributed by atoms with van der Waals surface area (Å²) in [5.41, 5.74) is -2.32. The highest BCUT2D eigenvalue weighted by Crippen LogP contribution is 2.47. The van der Waals surface area contributed by atoms with Crippen molar-refractivity contribution < 1.29 is 19.0 Å². The molecule has 0 aliphatic heterocycles. The number of hydrogen-bond acceptors (Lipinski definition) is 5. The minimum Gasteiger partial charge on any atom is -0.363 e. The summed E-state index contributed by atoms with van der Waals surface area (Å²) in [6.45, 7) is 0.357. The highest BCUT2D eigenvalue weighted by atomic mass is 19.1. The zero-order chi connectivity index (χ0) is 13.5. The van der Waals surface area contributed by atoms with Gasteiger partial charge in [0.05, 0.1) is 13.0 Å². The molecule has 0 aromatic carbocycles. The highest BCUT2D eigenvalue weighted by molar-refractivity contribution is 4.96. The fourth-order valence-corrected chi connectivity index (χ4v) is 2.79. The first-order valence-electron chi connectivity index (χ1n) is 5.89. The van der Waals surface area contributed by atoms with Crippen LogP contribution in [-0.4, -0.2) is 34.4 Å². The molecule has 0 heterocycles. The molecule has 18 heavy (non-hydrogen) atoms. The molecule has 2 saturated carbocycles. The van der Waals surface area contributed by atoms with Crippen LogP contribution in [0.25, 0.3) is 0 Å². The standard InChI is InChI=1S/C10H15FN2O5/c1-10(12(14)15,13(16)17)5-18-9-4-6-2-7(9)3-8(6)11/h6-9H,2-5H2,1H3/t6-,7-,8-,9+/m1/s1. The Bertz CT molecular complexity index is 361. The summed E-state index contributed by atoms with van der Waals surface area (Å²) >= 11 is 0. The number of nitrogens with zero attached hydrogens (tertiary/aromatic N) is 2. The highest BCUT2D eigenvalue weighted by Gasteiger charge is 2.53. The quantitative estimate of drug-likeness (QED) is 0.424. The molecule has 7 nitrogen and oxygen atoms in total. The van der Waals surface area contributed by atoms with Crippen LogP contribution >= 0.6 is 0 Å². The molecular weight excluding hydrogens is 247 g/mol. The summed E-state index contributed by atoms with van der Waals surface area (Å²) in [6.07, 6.45) is 0.549. The summed E-state index contributed by atoms with van der Waals surface area (Å²) in [6, 6.07) is 0. The van der Waals surface area contributed by atoms with Crippen LogP contribution in [0.4, 0.5) is 4.39 Å². The molecule has 0 aromatic heterocycles. The van der Waals surface area contributed by atoms with Gasteiger partial charge in [-0.05, 0) is 31.1 Å². The largest absolute Gasteiger partial charge is 0.478 e. The van der Waals surface area contributed by atoms with E-state index >= 15 is 0 Å². The fourth-order valence-electron chi connectivity index (χ4n) is 2.79. The number of fused-ring (bicyclic) bond motifs is 2. The van der Waals surface area contributed by atoms with Gasteiger partial charge in [-0.25, -0.2) is 4.39 Å². The molecule has 0 radical (unpaired) electrons. The lowest BCUT2D eigenvalue weighted by molar-refractivity contribution is -0.794. The Labute approximate surface area is 103 Å². The van der Waals surface area contributed by atoms with Crippen molar-refractivity contribution in [1.82, 2.24) is 0 Å². The molecule has 0 aromatic rings. The van der Waals surface area contributed by atoms with Gasteiger partial charge in [-0.2, -0.15) is 0 Å². The van der Waals surface area contributed by atoms with Crippen molar-refractivity contribution in [2.24, 2.45) is 11.8 Å². The monoisotopic (exact) mass is 262 g/mol. The zero-order valence-electron chi connectivity index (χ0n) is 9.95. The summed E-state index contributed by atoms with van der Waals surface area (Å²) in [5, 5.41) is 21.4. The maximum Gasteiger partial charge on any atom is 0.478 e. The lowest BCUT2D eigenvalue weighted by atomic mass is 9.96. The Morgan fingerprint density at radius 1 is 1.22 bits per heavy atom. The van der Waals surface area contributed by atoms with E-state index in [4.69, 9.17) is 4.74 Å². The van der Waals surface area contributed by atoms with Crippen LogP contribution in [-0.2, 0) is 4.74 Å². The maximum absolute atomic E-state index is 13.3. The molecule has 102 valence electrons. The van der Waals surface area contributed by atoms with E-state index in [0.717, 1.165) is 13.3 Å². The van der Waals surface area contributed by atoms with E-state index in [-0.39, 0.29) is 17.9 Å². The number of halogens is 1. The van der Waals surface area contributed by atoms with Crippen molar-refractivity contribution >= 4 is 0 Å². The van der Waals surface area contributed by atoms with Crippen molar-refractivity contribution in [2.45, 2.75) is 44.1 Å². The molecule has 2 aliphatic carbocycles. The van der Waals surface area contributed by atoms with E-state index in [1.165, 1.54) is 0 Å². The van der Waals surface area contributed by atoms with Crippen molar-refractivity contribution in [3.05, 3.63) is 20.2 Å². The number of hydrogen-bond donors (Lipinski definition) is 0. The fraction of sp³-hybridized carbons (Fsp3) is 1.00. The Balaban J connectivity index is 1.92. The molecule has 0 saturated heterocycles. The third kappa shape index (κ3) is 2.05. The van der Waals surface area contributed by atoms with Gasteiger partial charge in [0.25, 0.3) is 0 Å². The molecule has 0 unspecified atom stereocenters. The van der Waals surface area contributed by atoms with Gasteiger partial charge in [0.15, 0.2) is 6.61 Å². The Hall–Kier alpha value is -1.31. The average molecular weight is 262 g/mol. The molecular formula is C10H15FN2O5. The SMILES string of the molecule is CC(CO[C@H]1C[C@H]2C[C@@H]1C[C@H]2F)([N+](=O)[O-])[N+](=O)[O-]. The molecule has 0 spiro atoms. The van der Waals surface area contributed by atoms with E-state index < -0.39 is 28.3 Å². The second kappa shape index (κ2) is 4.42. The van der Waals surface area contributed by atoms with Gasteiger partial charge in [-0.15, -0.1) is 0 Å². The third-order valence-electron chi connectivity index (χ3n) is 4.06. The van der Waals surface area contributed by atoms with E-state index in [2.05, 4.69) is 0 Å².